The number of likely N-dealkylation sites (tertiary alicyclic amines) is 1. The van der Waals surface area contributed by atoms with Crippen LogP contribution < -0.4 is 15.4 Å². The summed E-state index contributed by atoms with van der Waals surface area (Å²) in [4.78, 5) is 12.8. The van der Waals surface area contributed by atoms with Gasteiger partial charge in [-0.3, -0.25) is 9.89 Å². The molecule has 0 saturated carbocycles. The van der Waals surface area contributed by atoms with E-state index in [-0.39, 0.29) is 6.04 Å². The Hall–Kier alpha value is -2.12. The van der Waals surface area contributed by atoms with Crippen LogP contribution in [0.2, 0.25) is 0 Å². The Labute approximate surface area is 172 Å². The summed E-state index contributed by atoms with van der Waals surface area (Å²) < 4.78 is 5.63. The highest BCUT2D eigenvalue weighted by atomic mass is 32.1. The van der Waals surface area contributed by atoms with Gasteiger partial charge in [0.15, 0.2) is 5.96 Å². The van der Waals surface area contributed by atoms with Crippen molar-refractivity contribution in [2.75, 3.05) is 33.8 Å². The molecular formula is C21H31N5OS. The molecule has 1 atom stereocenters. The standard InChI is InChI=1S/C21H31N5OS/c1-15-16(2)28-20(25-15)14-24-21(22-3)23-13-18(26-11-7-8-12-26)17-9-5-6-10-19(17)27-4/h5-6,9-10,18H,7-8,11-14H2,1-4H3,(H2,22,23,24). The Morgan fingerprint density at radius 2 is 2.00 bits per heavy atom. The number of ether oxygens (including phenoxy) is 1. The Morgan fingerprint density at radius 1 is 1.25 bits per heavy atom. The average molecular weight is 402 g/mol. The lowest BCUT2D eigenvalue weighted by atomic mass is 10.0. The molecule has 2 N–H and O–H groups in total. The first-order valence-corrected chi connectivity index (χ1v) is 10.7. The van der Waals surface area contributed by atoms with Gasteiger partial charge in [-0.15, -0.1) is 11.3 Å². The van der Waals surface area contributed by atoms with Gasteiger partial charge in [-0.05, 0) is 45.8 Å². The maximum Gasteiger partial charge on any atom is 0.191 e. The molecule has 0 amide bonds. The van der Waals surface area contributed by atoms with Crippen molar-refractivity contribution in [3.63, 3.8) is 0 Å². The number of thiazole rings is 1. The molecule has 6 nitrogen and oxygen atoms in total. The van der Waals surface area contributed by atoms with Crippen molar-refractivity contribution in [3.05, 3.63) is 45.4 Å². The summed E-state index contributed by atoms with van der Waals surface area (Å²) in [5.41, 5.74) is 2.33. The maximum atomic E-state index is 5.63. The highest BCUT2D eigenvalue weighted by Crippen LogP contribution is 2.31. The molecule has 28 heavy (non-hydrogen) atoms. The van der Waals surface area contributed by atoms with Crippen molar-refractivity contribution in [2.24, 2.45) is 4.99 Å². The quantitative estimate of drug-likeness (QED) is 0.551. The molecule has 0 radical (unpaired) electrons. The molecule has 0 spiro atoms. The molecule has 1 unspecified atom stereocenters. The van der Waals surface area contributed by atoms with E-state index in [9.17, 15) is 0 Å². The molecule has 1 fully saturated rings. The van der Waals surface area contributed by atoms with Crippen LogP contribution in [0.4, 0.5) is 0 Å². The van der Waals surface area contributed by atoms with Crippen LogP contribution in [0.15, 0.2) is 29.3 Å². The number of nitrogens with one attached hydrogen (secondary N) is 2. The number of aromatic nitrogens is 1. The summed E-state index contributed by atoms with van der Waals surface area (Å²) in [6.07, 6.45) is 2.50. The van der Waals surface area contributed by atoms with Crippen LogP contribution in [-0.2, 0) is 6.54 Å². The normalized spacial score (nSPS) is 16.2. The van der Waals surface area contributed by atoms with Gasteiger partial charge in [0, 0.05) is 24.0 Å². The second-order valence-corrected chi connectivity index (χ2v) is 8.34. The van der Waals surface area contributed by atoms with Gasteiger partial charge >= 0.3 is 0 Å². The monoisotopic (exact) mass is 401 g/mol. The van der Waals surface area contributed by atoms with Crippen LogP contribution >= 0.6 is 11.3 Å². The molecule has 0 aliphatic carbocycles. The lowest BCUT2D eigenvalue weighted by molar-refractivity contribution is 0.239. The summed E-state index contributed by atoms with van der Waals surface area (Å²) in [6.45, 7) is 7.86. The van der Waals surface area contributed by atoms with Crippen molar-refractivity contribution in [2.45, 2.75) is 39.3 Å². The van der Waals surface area contributed by atoms with Gasteiger partial charge in [-0.1, -0.05) is 18.2 Å². The van der Waals surface area contributed by atoms with Gasteiger partial charge in [0.2, 0.25) is 0 Å². The Kier molecular flexibility index (Phi) is 7.28. The minimum atomic E-state index is 0.251. The van der Waals surface area contributed by atoms with E-state index < -0.39 is 0 Å². The van der Waals surface area contributed by atoms with Gasteiger partial charge in [0.05, 0.1) is 25.4 Å². The van der Waals surface area contributed by atoms with Crippen molar-refractivity contribution in [3.8, 4) is 5.75 Å². The van der Waals surface area contributed by atoms with Crippen molar-refractivity contribution in [1.82, 2.24) is 20.5 Å². The van der Waals surface area contributed by atoms with Gasteiger partial charge in [0.25, 0.3) is 0 Å². The van der Waals surface area contributed by atoms with E-state index in [1.165, 1.54) is 23.3 Å². The Morgan fingerprint density at radius 3 is 2.64 bits per heavy atom. The molecular weight excluding hydrogens is 370 g/mol. The van der Waals surface area contributed by atoms with Crippen LogP contribution in [0, 0.1) is 13.8 Å². The number of aliphatic imine (C=N–C) groups is 1. The molecule has 2 heterocycles. The van der Waals surface area contributed by atoms with E-state index in [0.717, 1.165) is 42.0 Å². The number of para-hydroxylation sites is 1. The summed E-state index contributed by atoms with van der Waals surface area (Å²) in [7, 11) is 3.55. The van der Waals surface area contributed by atoms with Gasteiger partial charge < -0.3 is 15.4 Å². The SMILES string of the molecule is CN=C(NCc1nc(C)c(C)s1)NCC(c1ccccc1OC)N1CCCC1. The van der Waals surface area contributed by atoms with Crippen molar-refractivity contribution >= 4 is 17.3 Å². The third-order valence-electron chi connectivity index (χ3n) is 5.25. The molecule has 3 rings (SSSR count). The first-order valence-electron chi connectivity index (χ1n) is 9.86. The van der Waals surface area contributed by atoms with Crippen LogP contribution in [0.3, 0.4) is 0 Å². The predicted octanol–water partition coefficient (Wildman–Crippen LogP) is 3.27. The number of nitrogens with zero attached hydrogens (tertiary/aromatic N) is 3. The summed E-state index contributed by atoms with van der Waals surface area (Å²) >= 11 is 1.73. The first kappa shape index (κ1) is 20.6. The number of hydrogen-bond donors (Lipinski definition) is 2. The van der Waals surface area contributed by atoms with E-state index in [1.807, 2.05) is 19.2 Å². The zero-order valence-corrected chi connectivity index (χ0v) is 18.1. The van der Waals surface area contributed by atoms with E-state index in [2.05, 4.69) is 51.5 Å². The highest BCUT2D eigenvalue weighted by Gasteiger charge is 2.26. The number of methoxy groups -OCH3 is 1. The fourth-order valence-corrected chi connectivity index (χ4v) is 4.49. The number of aryl methyl sites for hydroxylation is 2. The largest absolute Gasteiger partial charge is 0.496 e. The number of guanidine groups is 1. The highest BCUT2D eigenvalue weighted by molar-refractivity contribution is 7.11. The fourth-order valence-electron chi connectivity index (χ4n) is 3.62. The van der Waals surface area contributed by atoms with E-state index in [1.54, 1.807) is 18.4 Å². The summed E-state index contributed by atoms with van der Waals surface area (Å²) in [5.74, 6) is 1.74. The summed E-state index contributed by atoms with van der Waals surface area (Å²) in [5, 5.41) is 7.98. The molecule has 1 aliphatic rings. The van der Waals surface area contributed by atoms with Gasteiger partial charge in [-0.25, -0.2) is 4.98 Å². The third kappa shape index (κ3) is 5.02. The van der Waals surface area contributed by atoms with Crippen molar-refractivity contribution < 1.29 is 4.74 Å². The molecule has 0 bridgehead atoms. The lowest BCUT2D eigenvalue weighted by Gasteiger charge is -2.30. The topological polar surface area (TPSA) is 61.8 Å². The predicted molar refractivity (Wildman–Crippen MR) is 116 cm³/mol. The van der Waals surface area contributed by atoms with Crippen LogP contribution in [0.25, 0.3) is 0 Å². The minimum absolute atomic E-state index is 0.251. The van der Waals surface area contributed by atoms with E-state index >= 15 is 0 Å². The molecule has 2 aromatic rings. The smallest absolute Gasteiger partial charge is 0.191 e. The second-order valence-electron chi connectivity index (χ2n) is 7.06. The van der Waals surface area contributed by atoms with E-state index in [4.69, 9.17) is 4.74 Å². The molecule has 1 aliphatic heterocycles. The molecule has 1 saturated heterocycles. The van der Waals surface area contributed by atoms with Crippen LogP contribution in [0.1, 0.15) is 40.0 Å². The van der Waals surface area contributed by atoms with Crippen molar-refractivity contribution in [1.29, 1.82) is 0 Å². The second kappa shape index (κ2) is 9.89. The van der Waals surface area contributed by atoms with Gasteiger partial charge in [-0.2, -0.15) is 0 Å². The number of hydrogen-bond acceptors (Lipinski definition) is 5. The molecule has 1 aromatic carbocycles. The molecule has 1 aromatic heterocycles. The molecule has 152 valence electrons. The minimum Gasteiger partial charge on any atom is -0.496 e. The average Bonchev–Trinajstić information content (AvgIpc) is 3.35. The molecule has 7 heteroatoms. The first-order chi connectivity index (χ1) is 13.6. The fraction of sp³-hybridized carbons (Fsp3) is 0.524. The third-order valence-corrected chi connectivity index (χ3v) is 6.32. The lowest BCUT2D eigenvalue weighted by Crippen LogP contribution is -2.42. The zero-order valence-electron chi connectivity index (χ0n) is 17.3. The zero-order chi connectivity index (χ0) is 19.9. The summed E-state index contributed by atoms with van der Waals surface area (Å²) in [6, 6.07) is 8.57. The van der Waals surface area contributed by atoms with Crippen LogP contribution in [-0.4, -0.2) is 49.6 Å². The van der Waals surface area contributed by atoms with Crippen LogP contribution in [0.5, 0.6) is 5.75 Å². The Bertz CT molecular complexity index is 778. The van der Waals surface area contributed by atoms with Gasteiger partial charge in [0.1, 0.15) is 10.8 Å². The maximum absolute atomic E-state index is 5.63. The van der Waals surface area contributed by atoms with E-state index in [0.29, 0.717) is 6.54 Å². The Balaban J connectivity index is 1.66. The number of rotatable bonds is 7. The number of benzene rings is 1.